The van der Waals surface area contributed by atoms with Crippen molar-refractivity contribution < 1.29 is 14.3 Å². The van der Waals surface area contributed by atoms with Gasteiger partial charge in [-0.1, -0.05) is 45.7 Å². The van der Waals surface area contributed by atoms with E-state index in [2.05, 4.69) is 37.4 Å². The lowest BCUT2D eigenvalue weighted by Gasteiger charge is -2.12. The summed E-state index contributed by atoms with van der Waals surface area (Å²) < 4.78 is 6.10. The van der Waals surface area contributed by atoms with Gasteiger partial charge in [0.25, 0.3) is 5.91 Å². The van der Waals surface area contributed by atoms with Crippen LogP contribution in [0, 0.1) is 0 Å². The van der Waals surface area contributed by atoms with Gasteiger partial charge in [-0.2, -0.15) is 0 Å². The van der Waals surface area contributed by atoms with Gasteiger partial charge in [-0.25, -0.2) is 10.2 Å². The highest BCUT2D eigenvalue weighted by atomic mass is 79.9. The topological polar surface area (TPSA) is 91.5 Å². The summed E-state index contributed by atoms with van der Waals surface area (Å²) in [4.78, 5) is 23.5. The predicted octanol–water partition coefficient (Wildman–Crippen LogP) is 3.21. The predicted molar refractivity (Wildman–Crippen MR) is 107 cm³/mol. The quantitative estimate of drug-likeness (QED) is 0.418. The zero-order chi connectivity index (χ0) is 18.9. The zero-order valence-electron chi connectivity index (χ0n) is 13.2. The lowest BCUT2D eigenvalue weighted by Crippen LogP contribution is -2.50. The van der Waals surface area contributed by atoms with Gasteiger partial charge in [0.05, 0.1) is 5.02 Å². The van der Waals surface area contributed by atoms with E-state index in [-0.39, 0.29) is 11.7 Å². The molecule has 7 nitrogen and oxygen atoms in total. The van der Waals surface area contributed by atoms with E-state index in [0.29, 0.717) is 16.5 Å². The number of nitrogens with one attached hydrogen (secondary N) is 4. The summed E-state index contributed by atoms with van der Waals surface area (Å²) >= 11 is 14.2. The van der Waals surface area contributed by atoms with E-state index < -0.39 is 11.9 Å². The Morgan fingerprint density at radius 2 is 1.85 bits per heavy atom. The SMILES string of the molecule is O=C(COc1ccc(Br)cc1Cl)NC(=S)NNC(=O)Nc1ccccc1. The van der Waals surface area contributed by atoms with E-state index in [1.807, 2.05) is 6.07 Å². The second-order valence-electron chi connectivity index (χ2n) is 4.81. The number of urea groups is 1. The molecule has 0 spiro atoms. The molecule has 0 unspecified atom stereocenters. The summed E-state index contributed by atoms with van der Waals surface area (Å²) in [6.07, 6.45) is 0. The smallest absolute Gasteiger partial charge is 0.337 e. The average Bonchev–Trinajstić information content (AvgIpc) is 2.60. The highest BCUT2D eigenvalue weighted by Crippen LogP contribution is 2.27. The second-order valence-corrected chi connectivity index (χ2v) is 6.54. The molecule has 0 heterocycles. The van der Waals surface area contributed by atoms with Crippen LogP contribution >= 0.6 is 39.7 Å². The first-order valence-electron chi connectivity index (χ1n) is 7.24. The second kappa shape index (κ2) is 9.95. The van der Waals surface area contributed by atoms with Gasteiger partial charge < -0.3 is 10.1 Å². The fourth-order valence-electron chi connectivity index (χ4n) is 1.73. The van der Waals surface area contributed by atoms with Crippen molar-refractivity contribution >= 4 is 62.5 Å². The molecule has 0 saturated heterocycles. The minimum absolute atomic E-state index is 0.0799. The number of halogens is 2. The summed E-state index contributed by atoms with van der Waals surface area (Å²) in [5.41, 5.74) is 5.32. The number of ether oxygens (including phenoxy) is 1. The highest BCUT2D eigenvalue weighted by Gasteiger charge is 2.09. The Morgan fingerprint density at radius 1 is 1.12 bits per heavy atom. The number of rotatable bonds is 4. The van der Waals surface area contributed by atoms with Gasteiger partial charge in [-0.05, 0) is 42.5 Å². The van der Waals surface area contributed by atoms with E-state index in [1.165, 1.54) is 0 Å². The maximum atomic E-state index is 11.8. The van der Waals surface area contributed by atoms with E-state index in [0.717, 1.165) is 4.47 Å². The molecule has 0 saturated carbocycles. The van der Waals surface area contributed by atoms with Crippen LogP contribution in [0.5, 0.6) is 5.75 Å². The Kier molecular flexibility index (Phi) is 7.64. The summed E-state index contributed by atoms with van der Waals surface area (Å²) in [6.45, 7) is -0.292. The largest absolute Gasteiger partial charge is 0.482 e. The zero-order valence-corrected chi connectivity index (χ0v) is 16.4. The summed E-state index contributed by atoms with van der Waals surface area (Å²) in [6, 6.07) is 13.3. The molecule has 136 valence electrons. The number of benzene rings is 2. The molecule has 2 rings (SSSR count). The molecule has 26 heavy (non-hydrogen) atoms. The highest BCUT2D eigenvalue weighted by molar-refractivity contribution is 9.10. The molecule has 0 radical (unpaired) electrons. The van der Waals surface area contributed by atoms with Gasteiger partial charge in [-0.3, -0.25) is 15.5 Å². The maximum absolute atomic E-state index is 11.8. The van der Waals surface area contributed by atoms with Gasteiger partial charge in [0.2, 0.25) is 0 Å². The van der Waals surface area contributed by atoms with E-state index in [1.54, 1.807) is 42.5 Å². The third-order valence-corrected chi connectivity index (χ3v) is 3.82. The third kappa shape index (κ3) is 6.87. The van der Waals surface area contributed by atoms with Gasteiger partial charge in [0.15, 0.2) is 11.7 Å². The molecule has 0 bridgehead atoms. The first-order valence-corrected chi connectivity index (χ1v) is 8.81. The minimum atomic E-state index is -0.536. The van der Waals surface area contributed by atoms with Crippen molar-refractivity contribution in [2.75, 3.05) is 11.9 Å². The standard InChI is InChI=1S/C16H14BrClN4O3S/c17-10-6-7-13(12(18)8-10)25-9-14(23)20-16(26)22-21-15(24)19-11-4-2-1-3-5-11/h1-8H,9H2,(H2,19,21,24)(H2,20,22,23,26). The molecule has 0 atom stereocenters. The van der Waals surface area contributed by atoms with Crippen LogP contribution in [0.3, 0.4) is 0 Å². The minimum Gasteiger partial charge on any atom is -0.482 e. The summed E-state index contributed by atoms with van der Waals surface area (Å²) in [7, 11) is 0. The van der Waals surface area contributed by atoms with Crippen LogP contribution < -0.4 is 26.2 Å². The number of carbonyl (C=O) groups is 2. The van der Waals surface area contributed by atoms with Crippen LogP contribution in [-0.2, 0) is 4.79 Å². The van der Waals surface area contributed by atoms with Crippen molar-refractivity contribution in [3.8, 4) is 5.75 Å². The van der Waals surface area contributed by atoms with Gasteiger partial charge in [0.1, 0.15) is 5.75 Å². The molecule has 4 N–H and O–H groups in total. The summed E-state index contributed by atoms with van der Waals surface area (Å²) in [5, 5.41) is 5.23. The van der Waals surface area contributed by atoms with Crippen LogP contribution in [-0.4, -0.2) is 23.7 Å². The molecule has 2 aromatic rings. The number of anilines is 1. The Morgan fingerprint density at radius 3 is 2.54 bits per heavy atom. The first kappa shape index (κ1) is 20.0. The van der Waals surface area contributed by atoms with Crippen molar-refractivity contribution in [2.24, 2.45) is 0 Å². The number of hydrazine groups is 1. The van der Waals surface area contributed by atoms with Crippen molar-refractivity contribution in [1.29, 1.82) is 0 Å². The summed E-state index contributed by atoms with van der Waals surface area (Å²) in [5.74, 6) is -0.143. The van der Waals surface area contributed by atoms with Gasteiger partial charge >= 0.3 is 6.03 Å². The number of amides is 3. The van der Waals surface area contributed by atoms with Gasteiger partial charge in [0, 0.05) is 10.2 Å². The molecule has 0 aliphatic heterocycles. The molecular weight excluding hydrogens is 444 g/mol. The fraction of sp³-hybridized carbons (Fsp3) is 0.0625. The lowest BCUT2D eigenvalue weighted by atomic mass is 10.3. The van der Waals surface area contributed by atoms with Crippen LogP contribution in [0.1, 0.15) is 0 Å². The lowest BCUT2D eigenvalue weighted by molar-refractivity contribution is -0.121. The average molecular weight is 458 g/mol. The van der Waals surface area contributed by atoms with Crippen LogP contribution in [0.2, 0.25) is 5.02 Å². The molecule has 0 aliphatic rings. The maximum Gasteiger partial charge on any atom is 0.337 e. The molecule has 0 aliphatic carbocycles. The van der Waals surface area contributed by atoms with Crippen molar-refractivity contribution in [2.45, 2.75) is 0 Å². The number of thiocarbonyl (C=S) groups is 1. The van der Waals surface area contributed by atoms with Crippen molar-refractivity contribution in [1.82, 2.24) is 16.2 Å². The molecular formula is C16H14BrClN4O3S. The molecule has 3 amide bonds. The molecule has 10 heteroatoms. The Bertz CT molecular complexity index is 807. The van der Waals surface area contributed by atoms with Crippen LogP contribution in [0.15, 0.2) is 53.0 Å². The molecule has 2 aromatic carbocycles. The van der Waals surface area contributed by atoms with Gasteiger partial charge in [-0.15, -0.1) is 0 Å². The number of para-hydroxylation sites is 1. The molecule has 0 aromatic heterocycles. The Balaban J connectivity index is 1.70. The van der Waals surface area contributed by atoms with Crippen molar-refractivity contribution in [3.05, 3.63) is 58.0 Å². The fourth-order valence-corrected chi connectivity index (χ4v) is 2.62. The third-order valence-electron chi connectivity index (χ3n) is 2.83. The Hall–Kier alpha value is -2.36. The first-order chi connectivity index (χ1) is 12.4. The number of carbonyl (C=O) groups excluding carboxylic acids is 2. The van der Waals surface area contributed by atoms with E-state index in [9.17, 15) is 9.59 Å². The monoisotopic (exact) mass is 456 g/mol. The Labute approximate surface area is 168 Å². The van der Waals surface area contributed by atoms with Crippen LogP contribution in [0.4, 0.5) is 10.5 Å². The number of hydrogen-bond donors (Lipinski definition) is 4. The van der Waals surface area contributed by atoms with E-state index >= 15 is 0 Å². The number of hydrogen-bond acceptors (Lipinski definition) is 4. The normalized spacial score (nSPS) is 9.77. The van der Waals surface area contributed by atoms with Crippen molar-refractivity contribution in [3.63, 3.8) is 0 Å². The van der Waals surface area contributed by atoms with E-state index in [4.69, 9.17) is 28.6 Å². The molecule has 0 fully saturated rings. The van der Waals surface area contributed by atoms with Crippen LogP contribution in [0.25, 0.3) is 0 Å².